The quantitative estimate of drug-likeness (QED) is 0.272. The van der Waals surface area contributed by atoms with Gasteiger partial charge in [0.15, 0.2) is 4.80 Å². The summed E-state index contributed by atoms with van der Waals surface area (Å²) >= 11 is 7.64. The molecule has 1 amide bonds. The van der Waals surface area contributed by atoms with Gasteiger partial charge in [-0.15, -0.1) is 6.58 Å². The SMILES string of the molecule is C=CCn1c(=NC(=O)/C=C/c2cccc([N+](=O)[O-])c2)sc2cccc(Cl)c21. The molecule has 0 saturated heterocycles. The van der Waals surface area contributed by atoms with E-state index in [0.29, 0.717) is 21.9 Å². The number of carbonyl (C=O) groups excluding carboxylic acids is 1. The Balaban J connectivity index is 1.97. The molecule has 1 heterocycles. The Bertz CT molecular complexity index is 1140. The number of hydrogen-bond donors (Lipinski definition) is 0. The number of para-hydroxylation sites is 1. The number of thiazole rings is 1. The number of nitrogens with zero attached hydrogens (tertiary/aromatic N) is 3. The van der Waals surface area contributed by atoms with Crippen LogP contribution in [0, 0.1) is 10.1 Å². The van der Waals surface area contributed by atoms with E-state index in [4.69, 9.17) is 11.6 Å². The highest BCUT2D eigenvalue weighted by molar-refractivity contribution is 7.16. The number of nitro benzene ring substituents is 1. The number of fused-ring (bicyclic) bond motifs is 1. The molecule has 0 atom stereocenters. The van der Waals surface area contributed by atoms with E-state index in [-0.39, 0.29) is 5.69 Å². The number of nitro groups is 1. The Hall–Kier alpha value is -3.03. The second kappa shape index (κ2) is 8.11. The molecule has 8 heteroatoms. The minimum absolute atomic E-state index is 0.0375. The summed E-state index contributed by atoms with van der Waals surface area (Å²) in [6, 6.07) is 11.5. The molecule has 2 aromatic carbocycles. The maximum absolute atomic E-state index is 12.3. The van der Waals surface area contributed by atoms with Gasteiger partial charge in [0.1, 0.15) is 0 Å². The maximum atomic E-state index is 12.3. The van der Waals surface area contributed by atoms with Gasteiger partial charge in [0.25, 0.3) is 11.6 Å². The summed E-state index contributed by atoms with van der Waals surface area (Å²) in [5, 5.41) is 11.4. The number of halogens is 1. The lowest BCUT2D eigenvalue weighted by Crippen LogP contribution is -2.15. The van der Waals surface area contributed by atoms with E-state index in [2.05, 4.69) is 11.6 Å². The monoisotopic (exact) mass is 399 g/mol. The number of aromatic nitrogens is 1. The van der Waals surface area contributed by atoms with Crippen molar-refractivity contribution in [2.45, 2.75) is 6.54 Å². The van der Waals surface area contributed by atoms with Crippen molar-refractivity contribution in [1.82, 2.24) is 4.57 Å². The van der Waals surface area contributed by atoms with Crippen LogP contribution in [-0.4, -0.2) is 15.4 Å². The first-order valence-corrected chi connectivity index (χ1v) is 9.09. The van der Waals surface area contributed by atoms with Gasteiger partial charge < -0.3 is 4.57 Å². The normalized spacial score (nSPS) is 12.0. The van der Waals surface area contributed by atoms with E-state index in [0.717, 1.165) is 10.2 Å². The van der Waals surface area contributed by atoms with E-state index in [9.17, 15) is 14.9 Å². The third-order valence-corrected chi connectivity index (χ3v) is 5.02. The highest BCUT2D eigenvalue weighted by Gasteiger charge is 2.09. The Morgan fingerprint density at radius 3 is 2.85 bits per heavy atom. The Morgan fingerprint density at radius 2 is 2.11 bits per heavy atom. The van der Waals surface area contributed by atoms with Crippen molar-refractivity contribution >= 4 is 50.8 Å². The van der Waals surface area contributed by atoms with Crippen molar-refractivity contribution in [3.8, 4) is 0 Å². The summed E-state index contributed by atoms with van der Waals surface area (Å²) in [5.41, 5.74) is 1.31. The minimum atomic E-state index is -0.483. The minimum Gasteiger partial charge on any atom is -0.311 e. The number of amides is 1. The second-order valence-corrected chi connectivity index (χ2v) is 6.92. The summed E-state index contributed by atoms with van der Waals surface area (Å²) in [6.45, 7) is 4.20. The molecule has 0 aliphatic rings. The van der Waals surface area contributed by atoms with Crippen molar-refractivity contribution < 1.29 is 9.72 Å². The van der Waals surface area contributed by atoms with Gasteiger partial charge in [-0.2, -0.15) is 4.99 Å². The van der Waals surface area contributed by atoms with Crippen LogP contribution in [-0.2, 0) is 11.3 Å². The van der Waals surface area contributed by atoms with Crippen molar-refractivity contribution in [1.29, 1.82) is 0 Å². The predicted octanol–water partition coefficient (Wildman–Crippen LogP) is 4.59. The third-order valence-electron chi connectivity index (χ3n) is 3.67. The molecule has 0 unspecified atom stereocenters. The van der Waals surface area contributed by atoms with Crippen LogP contribution in [0.1, 0.15) is 5.56 Å². The molecular formula is C19H14ClN3O3S. The third kappa shape index (κ3) is 4.21. The van der Waals surface area contributed by atoms with Gasteiger partial charge >= 0.3 is 0 Å². The van der Waals surface area contributed by atoms with Gasteiger partial charge in [0.05, 0.1) is 20.2 Å². The van der Waals surface area contributed by atoms with Crippen molar-refractivity contribution in [2.24, 2.45) is 4.99 Å². The number of hydrogen-bond acceptors (Lipinski definition) is 4. The largest absolute Gasteiger partial charge is 0.311 e. The zero-order valence-corrected chi connectivity index (χ0v) is 15.6. The summed E-state index contributed by atoms with van der Waals surface area (Å²) < 4.78 is 2.74. The first-order chi connectivity index (χ1) is 13.0. The second-order valence-electron chi connectivity index (χ2n) is 5.51. The molecule has 0 radical (unpaired) electrons. The van der Waals surface area contributed by atoms with Gasteiger partial charge in [-0.25, -0.2) is 0 Å². The van der Waals surface area contributed by atoms with Crippen LogP contribution in [0.2, 0.25) is 5.02 Å². The molecule has 0 spiro atoms. The highest BCUT2D eigenvalue weighted by Crippen LogP contribution is 2.25. The molecule has 3 aromatic rings. The van der Waals surface area contributed by atoms with E-state index >= 15 is 0 Å². The molecule has 0 aliphatic carbocycles. The number of non-ortho nitro benzene ring substituents is 1. The zero-order chi connectivity index (χ0) is 19.4. The highest BCUT2D eigenvalue weighted by atomic mass is 35.5. The van der Waals surface area contributed by atoms with Crippen LogP contribution >= 0.6 is 22.9 Å². The molecule has 6 nitrogen and oxygen atoms in total. The summed E-state index contributed by atoms with van der Waals surface area (Å²) in [5.74, 6) is -0.470. The average Bonchev–Trinajstić information content (AvgIpc) is 2.99. The zero-order valence-electron chi connectivity index (χ0n) is 14.0. The molecular weight excluding hydrogens is 386 g/mol. The Labute approximate surface area is 163 Å². The van der Waals surface area contributed by atoms with Gasteiger partial charge in [-0.1, -0.05) is 47.2 Å². The maximum Gasteiger partial charge on any atom is 0.272 e. The number of allylic oxidation sites excluding steroid dienone is 1. The van der Waals surface area contributed by atoms with Crippen molar-refractivity contribution in [2.75, 3.05) is 0 Å². The molecule has 136 valence electrons. The summed E-state index contributed by atoms with van der Waals surface area (Å²) in [7, 11) is 0. The molecule has 3 rings (SSSR count). The number of carbonyl (C=O) groups is 1. The predicted molar refractivity (Wildman–Crippen MR) is 108 cm³/mol. The molecule has 0 aliphatic heterocycles. The fourth-order valence-corrected chi connectivity index (χ4v) is 3.92. The summed E-state index contributed by atoms with van der Waals surface area (Å²) in [4.78, 5) is 27.3. The number of benzene rings is 2. The van der Waals surface area contributed by atoms with Crippen LogP contribution in [0.3, 0.4) is 0 Å². The molecule has 0 fully saturated rings. The van der Waals surface area contributed by atoms with E-state index in [1.165, 1.54) is 35.6 Å². The van der Waals surface area contributed by atoms with Crippen molar-refractivity contribution in [3.05, 3.63) is 86.7 Å². The molecule has 0 saturated carbocycles. The van der Waals surface area contributed by atoms with Crippen LogP contribution in [0.25, 0.3) is 16.3 Å². The molecule has 0 N–H and O–H groups in total. The fraction of sp³-hybridized carbons (Fsp3) is 0.0526. The lowest BCUT2D eigenvalue weighted by Gasteiger charge is -2.02. The number of rotatable bonds is 5. The fourth-order valence-electron chi connectivity index (χ4n) is 2.51. The molecule has 0 bridgehead atoms. The summed E-state index contributed by atoms with van der Waals surface area (Å²) in [6.07, 6.45) is 4.48. The smallest absolute Gasteiger partial charge is 0.272 e. The van der Waals surface area contributed by atoms with Crippen LogP contribution in [0.5, 0.6) is 0 Å². The Morgan fingerprint density at radius 1 is 1.33 bits per heavy atom. The lowest BCUT2D eigenvalue weighted by atomic mass is 10.2. The average molecular weight is 400 g/mol. The topological polar surface area (TPSA) is 77.5 Å². The lowest BCUT2D eigenvalue weighted by molar-refractivity contribution is -0.384. The van der Waals surface area contributed by atoms with E-state index < -0.39 is 10.8 Å². The van der Waals surface area contributed by atoms with E-state index in [1.807, 2.05) is 16.7 Å². The molecule has 1 aromatic heterocycles. The van der Waals surface area contributed by atoms with Gasteiger partial charge in [0, 0.05) is 24.8 Å². The van der Waals surface area contributed by atoms with Gasteiger partial charge in [-0.3, -0.25) is 14.9 Å². The van der Waals surface area contributed by atoms with E-state index in [1.54, 1.807) is 24.3 Å². The van der Waals surface area contributed by atoms with Crippen molar-refractivity contribution in [3.63, 3.8) is 0 Å². The van der Waals surface area contributed by atoms with Gasteiger partial charge in [-0.05, 0) is 23.8 Å². The van der Waals surface area contributed by atoms with Crippen LogP contribution in [0.4, 0.5) is 5.69 Å². The van der Waals surface area contributed by atoms with Crippen LogP contribution in [0.15, 0.2) is 66.2 Å². The molecule has 27 heavy (non-hydrogen) atoms. The standard InChI is InChI=1S/C19H14ClN3O3S/c1-2-11-22-18-15(20)7-4-8-16(18)27-19(22)21-17(24)10-9-13-5-3-6-14(12-13)23(25)26/h2-10,12H,1,11H2/b10-9+,21-19?. The first-order valence-electron chi connectivity index (χ1n) is 7.89. The van der Waals surface area contributed by atoms with Gasteiger partial charge in [0.2, 0.25) is 0 Å². The van der Waals surface area contributed by atoms with Crippen LogP contribution < -0.4 is 4.80 Å². The Kier molecular flexibility index (Phi) is 5.63. The first kappa shape index (κ1) is 18.8.